The number of carbonyl (C=O) groups excluding carboxylic acids is 2. The molecule has 1 saturated carbocycles. The van der Waals surface area contributed by atoms with Gasteiger partial charge in [0.15, 0.2) is 12.3 Å². The van der Waals surface area contributed by atoms with Gasteiger partial charge < -0.3 is 20.4 Å². The van der Waals surface area contributed by atoms with Crippen LogP contribution in [0.1, 0.15) is 65.0 Å². The van der Waals surface area contributed by atoms with Crippen LogP contribution in [0.25, 0.3) is 11.2 Å². The molecule has 3 aromatic rings. The maximum Gasteiger partial charge on any atom is 0.416 e. The summed E-state index contributed by atoms with van der Waals surface area (Å²) in [4.78, 5) is 35.3. The number of rotatable bonds is 10. The van der Waals surface area contributed by atoms with E-state index in [0.29, 0.717) is 6.07 Å². The van der Waals surface area contributed by atoms with Crippen LogP contribution < -0.4 is 15.4 Å². The number of aromatic nitrogens is 3. The van der Waals surface area contributed by atoms with Crippen molar-refractivity contribution < 1.29 is 62.6 Å². The van der Waals surface area contributed by atoms with E-state index in [0.717, 1.165) is 18.2 Å². The average Bonchev–Trinajstić information content (AvgIpc) is 3.33. The molecule has 1 fully saturated rings. The first-order valence-electron chi connectivity index (χ1n) is 14.0. The minimum absolute atomic E-state index is 0.000365. The summed E-state index contributed by atoms with van der Waals surface area (Å²) in [6.07, 6.45) is -19.8. The van der Waals surface area contributed by atoms with E-state index in [1.165, 1.54) is 0 Å². The van der Waals surface area contributed by atoms with Gasteiger partial charge in [0.2, 0.25) is 11.8 Å². The average molecular weight is 690 g/mol. The van der Waals surface area contributed by atoms with Crippen molar-refractivity contribution in [3.63, 3.8) is 0 Å². The Bertz CT molecular complexity index is 1580. The van der Waals surface area contributed by atoms with Crippen molar-refractivity contribution >= 4 is 23.0 Å². The third-order valence-corrected chi connectivity index (χ3v) is 7.29. The van der Waals surface area contributed by atoms with Crippen LogP contribution in [0.4, 0.5) is 48.3 Å². The SMILES string of the molecule is O=C(CC(F)(F)F)NCc1ccc(C(F)(F)F)c(Cc2nc3nc(OCC(F)F)c(C(=O)NC4CCC(C(F)(F)F)CC4)cc3[nH]2)c1. The summed E-state index contributed by atoms with van der Waals surface area (Å²) < 4.78 is 149. The van der Waals surface area contributed by atoms with Crippen molar-refractivity contribution in [2.24, 2.45) is 5.92 Å². The van der Waals surface area contributed by atoms with Gasteiger partial charge in [-0.2, -0.15) is 44.5 Å². The summed E-state index contributed by atoms with van der Waals surface area (Å²) in [6, 6.07) is 3.12. The Morgan fingerprint density at radius 2 is 1.64 bits per heavy atom. The number of hydrogen-bond donors (Lipinski definition) is 3. The van der Waals surface area contributed by atoms with Gasteiger partial charge in [-0.15, -0.1) is 0 Å². The van der Waals surface area contributed by atoms with Crippen molar-refractivity contribution in [1.29, 1.82) is 0 Å². The Balaban J connectivity index is 1.58. The molecular formula is C28H26F11N5O3. The molecule has 0 bridgehead atoms. The smallest absolute Gasteiger partial charge is 0.416 e. The van der Waals surface area contributed by atoms with E-state index in [-0.39, 0.29) is 59.4 Å². The number of pyridine rings is 1. The zero-order valence-electron chi connectivity index (χ0n) is 24.0. The van der Waals surface area contributed by atoms with E-state index in [1.54, 1.807) is 0 Å². The number of imidazole rings is 1. The molecule has 2 heterocycles. The number of H-pyrrole nitrogens is 1. The standard InChI is InChI=1S/C28H26F11N5O3/c29-20(30)12-47-25-17(24(46)41-16-4-2-15(3-5-16)27(34,35)36)9-19-23(44-25)43-21(42-19)8-14-7-13(1-6-18(14)28(37,38)39)11-40-22(45)10-26(31,32)33/h1,6-7,9,15-16,20H,2-5,8,10-12H2,(H,40,45)(H,41,46)(H,42,43,44). The van der Waals surface area contributed by atoms with Crippen LogP contribution >= 0.6 is 0 Å². The topological polar surface area (TPSA) is 109 Å². The predicted octanol–water partition coefficient (Wildman–Crippen LogP) is 6.63. The van der Waals surface area contributed by atoms with Crippen LogP contribution in [0.15, 0.2) is 24.3 Å². The number of benzene rings is 1. The second-order valence-electron chi connectivity index (χ2n) is 10.9. The zero-order chi connectivity index (χ0) is 34.7. The Morgan fingerprint density at radius 1 is 0.957 bits per heavy atom. The lowest BCUT2D eigenvalue weighted by Crippen LogP contribution is -2.40. The molecule has 19 heteroatoms. The second-order valence-corrected chi connectivity index (χ2v) is 10.9. The summed E-state index contributed by atoms with van der Waals surface area (Å²) >= 11 is 0. The molecule has 3 N–H and O–H groups in total. The third kappa shape index (κ3) is 9.90. The first-order valence-corrected chi connectivity index (χ1v) is 14.0. The molecule has 0 aliphatic heterocycles. The fourth-order valence-electron chi connectivity index (χ4n) is 5.11. The number of nitrogens with zero attached hydrogens (tertiary/aromatic N) is 2. The number of ether oxygens (including phenoxy) is 1. The summed E-state index contributed by atoms with van der Waals surface area (Å²) in [5, 5.41) is 4.52. The zero-order valence-corrected chi connectivity index (χ0v) is 24.0. The number of carbonyl (C=O) groups is 2. The number of aromatic amines is 1. The highest BCUT2D eigenvalue weighted by Gasteiger charge is 2.42. The van der Waals surface area contributed by atoms with E-state index >= 15 is 0 Å². The van der Waals surface area contributed by atoms with Gasteiger partial charge in [0.05, 0.1) is 17.0 Å². The van der Waals surface area contributed by atoms with Gasteiger partial charge in [0.1, 0.15) is 17.8 Å². The van der Waals surface area contributed by atoms with E-state index in [9.17, 15) is 57.9 Å². The molecule has 2 amide bonds. The molecule has 1 aromatic carbocycles. The van der Waals surface area contributed by atoms with E-state index in [4.69, 9.17) is 4.74 Å². The van der Waals surface area contributed by atoms with Crippen molar-refractivity contribution in [2.75, 3.05) is 6.61 Å². The first kappa shape index (κ1) is 35.7. The van der Waals surface area contributed by atoms with Gasteiger partial charge in [-0.1, -0.05) is 12.1 Å². The molecule has 0 atom stereocenters. The second kappa shape index (κ2) is 13.9. The molecule has 0 spiro atoms. The third-order valence-electron chi connectivity index (χ3n) is 7.29. The van der Waals surface area contributed by atoms with Crippen LogP contribution in [-0.2, 0) is 23.9 Å². The molecule has 1 aliphatic rings. The molecular weight excluding hydrogens is 663 g/mol. The van der Waals surface area contributed by atoms with Crippen molar-refractivity contribution in [2.45, 2.75) is 76.1 Å². The highest BCUT2D eigenvalue weighted by atomic mass is 19.4. The Labute approximate surface area is 258 Å². The van der Waals surface area contributed by atoms with E-state index in [1.807, 2.05) is 5.32 Å². The fourth-order valence-corrected chi connectivity index (χ4v) is 5.11. The highest BCUT2D eigenvalue weighted by Crippen LogP contribution is 2.38. The van der Waals surface area contributed by atoms with Gasteiger partial charge in [-0.25, -0.2) is 13.8 Å². The summed E-state index contributed by atoms with van der Waals surface area (Å²) in [6.45, 7) is -1.70. The Morgan fingerprint density at radius 3 is 2.23 bits per heavy atom. The Kier molecular flexibility index (Phi) is 10.5. The van der Waals surface area contributed by atoms with Gasteiger partial charge in [-0.3, -0.25) is 9.59 Å². The molecule has 0 saturated heterocycles. The van der Waals surface area contributed by atoms with Gasteiger partial charge in [-0.05, 0) is 48.9 Å². The predicted molar refractivity (Wildman–Crippen MR) is 141 cm³/mol. The molecule has 258 valence electrons. The van der Waals surface area contributed by atoms with Crippen LogP contribution in [0, 0.1) is 5.92 Å². The lowest BCUT2D eigenvalue weighted by molar-refractivity contribution is -0.182. The molecule has 47 heavy (non-hydrogen) atoms. The van der Waals surface area contributed by atoms with Crippen LogP contribution in [-0.4, -0.2) is 58.2 Å². The molecule has 8 nitrogen and oxygen atoms in total. The van der Waals surface area contributed by atoms with Crippen molar-refractivity contribution in [3.05, 3.63) is 52.3 Å². The number of nitrogens with one attached hydrogen (secondary N) is 3. The lowest BCUT2D eigenvalue weighted by Gasteiger charge is -2.30. The van der Waals surface area contributed by atoms with Gasteiger partial charge in [0, 0.05) is 19.0 Å². The number of hydrogen-bond acceptors (Lipinski definition) is 5. The summed E-state index contributed by atoms with van der Waals surface area (Å²) in [5.41, 5.74) is -2.07. The summed E-state index contributed by atoms with van der Waals surface area (Å²) in [5.74, 6) is -4.53. The van der Waals surface area contributed by atoms with E-state index in [2.05, 4.69) is 20.3 Å². The molecule has 0 radical (unpaired) electrons. The van der Waals surface area contributed by atoms with E-state index < -0.39 is 86.2 Å². The quantitative estimate of drug-likeness (QED) is 0.207. The van der Waals surface area contributed by atoms with Crippen molar-refractivity contribution in [1.82, 2.24) is 25.6 Å². The van der Waals surface area contributed by atoms with Crippen LogP contribution in [0.2, 0.25) is 0 Å². The molecule has 0 unspecified atom stereocenters. The number of fused-ring (bicyclic) bond motifs is 1. The lowest BCUT2D eigenvalue weighted by atomic mass is 9.85. The van der Waals surface area contributed by atoms with Crippen molar-refractivity contribution in [3.8, 4) is 5.88 Å². The minimum Gasteiger partial charge on any atom is -0.471 e. The molecule has 2 aromatic heterocycles. The van der Waals surface area contributed by atoms with Crippen LogP contribution in [0.3, 0.4) is 0 Å². The van der Waals surface area contributed by atoms with Gasteiger partial charge in [0.25, 0.3) is 12.3 Å². The number of amides is 2. The Hall–Kier alpha value is -4.19. The number of alkyl halides is 11. The molecule has 1 aliphatic carbocycles. The molecule has 4 rings (SSSR count). The highest BCUT2D eigenvalue weighted by molar-refractivity contribution is 5.99. The monoisotopic (exact) mass is 689 g/mol. The van der Waals surface area contributed by atoms with Crippen LogP contribution in [0.5, 0.6) is 5.88 Å². The fraction of sp³-hybridized carbons (Fsp3) is 0.500. The van der Waals surface area contributed by atoms with Gasteiger partial charge >= 0.3 is 18.5 Å². The maximum absolute atomic E-state index is 13.8. The number of halogens is 11. The largest absolute Gasteiger partial charge is 0.471 e. The minimum atomic E-state index is -4.86. The maximum atomic E-state index is 13.8. The normalized spacial score (nSPS) is 17.6. The first-order chi connectivity index (χ1) is 21.8. The summed E-state index contributed by atoms with van der Waals surface area (Å²) in [7, 11) is 0.